The zero-order valence-corrected chi connectivity index (χ0v) is 46.2. The second kappa shape index (κ2) is 58.6. The molecular weight excluding hydrogens is 877 g/mol. The summed E-state index contributed by atoms with van der Waals surface area (Å²) < 4.78 is 16.8. The van der Waals surface area contributed by atoms with Crippen molar-refractivity contribution >= 4 is 17.9 Å². The van der Waals surface area contributed by atoms with Crippen molar-refractivity contribution in [1.29, 1.82) is 0 Å². The van der Waals surface area contributed by atoms with Crippen molar-refractivity contribution in [2.45, 2.75) is 271 Å². The molecule has 71 heavy (non-hydrogen) atoms. The normalized spacial score (nSPS) is 12.9. The number of carbonyl (C=O) groups is 3. The van der Waals surface area contributed by atoms with Crippen molar-refractivity contribution in [3.05, 3.63) is 109 Å². The van der Waals surface area contributed by atoms with Gasteiger partial charge in [-0.3, -0.25) is 14.4 Å². The molecule has 6 heteroatoms. The minimum atomic E-state index is -0.815. The number of carbonyl (C=O) groups excluding carboxylic acids is 3. The van der Waals surface area contributed by atoms with Crippen molar-refractivity contribution in [2.24, 2.45) is 0 Å². The lowest BCUT2D eigenvalue weighted by Crippen LogP contribution is -2.30. The van der Waals surface area contributed by atoms with Gasteiger partial charge in [0, 0.05) is 19.3 Å². The SMILES string of the molecule is CC/C=C\C/C=C\C/C=C\C/C=C\C/C=C\CCCCCC(=O)OC[C@H](COC(=O)CCC/C=C\C/C=C\C/C=C\C/C=C\CCCCC)OC(=O)CCCCCCCCCCCCCCCCCCC. The van der Waals surface area contributed by atoms with Crippen LogP contribution in [0.15, 0.2) is 109 Å². The first kappa shape index (κ1) is 67.1. The summed E-state index contributed by atoms with van der Waals surface area (Å²) in [4.78, 5) is 38.2. The average molecular weight is 986 g/mol. The van der Waals surface area contributed by atoms with Crippen LogP contribution in [0.1, 0.15) is 265 Å². The summed E-state index contributed by atoms with van der Waals surface area (Å²) in [5.74, 6) is -0.994. The van der Waals surface area contributed by atoms with E-state index in [4.69, 9.17) is 14.2 Å². The number of hydrogen-bond donors (Lipinski definition) is 0. The van der Waals surface area contributed by atoms with E-state index in [9.17, 15) is 14.4 Å². The van der Waals surface area contributed by atoms with Crippen molar-refractivity contribution in [3.8, 4) is 0 Å². The van der Waals surface area contributed by atoms with E-state index in [1.807, 2.05) is 0 Å². The molecule has 0 N–H and O–H groups in total. The van der Waals surface area contributed by atoms with Crippen LogP contribution in [0.4, 0.5) is 0 Å². The Kier molecular flexibility index (Phi) is 55.4. The molecule has 0 aromatic carbocycles. The van der Waals surface area contributed by atoms with Gasteiger partial charge in [0.15, 0.2) is 6.10 Å². The molecule has 0 aromatic rings. The topological polar surface area (TPSA) is 78.9 Å². The third-order valence-electron chi connectivity index (χ3n) is 12.3. The van der Waals surface area contributed by atoms with Crippen LogP contribution < -0.4 is 0 Å². The molecule has 0 aliphatic heterocycles. The average Bonchev–Trinajstić information content (AvgIpc) is 3.37. The third kappa shape index (κ3) is 56.9. The van der Waals surface area contributed by atoms with Gasteiger partial charge in [0.05, 0.1) is 0 Å². The molecule has 0 heterocycles. The highest BCUT2D eigenvalue weighted by Gasteiger charge is 2.19. The molecule has 0 unspecified atom stereocenters. The zero-order chi connectivity index (χ0) is 51.4. The van der Waals surface area contributed by atoms with Crippen LogP contribution in [-0.4, -0.2) is 37.2 Å². The molecule has 1 atom stereocenters. The van der Waals surface area contributed by atoms with Gasteiger partial charge < -0.3 is 14.2 Å². The highest BCUT2D eigenvalue weighted by molar-refractivity contribution is 5.71. The molecule has 0 radical (unpaired) electrons. The van der Waals surface area contributed by atoms with Gasteiger partial charge >= 0.3 is 17.9 Å². The van der Waals surface area contributed by atoms with Crippen LogP contribution in [-0.2, 0) is 28.6 Å². The quantitative estimate of drug-likeness (QED) is 0.0261. The zero-order valence-electron chi connectivity index (χ0n) is 46.2. The van der Waals surface area contributed by atoms with E-state index < -0.39 is 6.10 Å². The van der Waals surface area contributed by atoms with Gasteiger partial charge in [-0.1, -0.05) is 252 Å². The first-order chi connectivity index (χ1) is 35.0. The summed E-state index contributed by atoms with van der Waals surface area (Å²) >= 11 is 0. The second-order valence-corrected chi connectivity index (χ2v) is 19.2. The molecule has 0 aliphatic carbocycles. The highest BCUT2D eigenvalue weighted by Crippen LogP contribution is 2.15. The number of unbranched alkanes of at least 4 members (excludes halogenated alkanes) is 23. The molecule has 0 aliphatic rings. The highest BCUT2D eigenvalue weighted by atomic mass is 16.6. The Morgan fingerprint density at radius 1 is 0.296 bits per heavy atom. The number of esters is 3. The van der Waals surface area contributed by atoms with E-state index >= 15 is 0 Å². The van der Waals surface area contributed by atoms with Crippen LogP contribution in [0, 0.1) is 0 Å². The van der Waals surface area contributed by atoms with Crippen LogP contribution in [0.3, 0.4) is 0 Å². The Hall–Kier alpha value is -3.93. The van der Waals surface area contributed by atoms with Gasteiger partial charge in [-0.25, -0.2) is 0 Å². The maximum atomic E-state index is 12.9. The number of allylic oxidation sites excluding steroid dienone is 18. The first-order valence-electron chi connectivity index (χ1n) is 29.4. The van der Waals surface area contributed by atoms with E-state index in [2.05, 4.69) is 130 Å². The Morgan fingerprint density at radius 2 is 0.563 bits per heavy atom. The lowest BCUT2D eigenvalue weighted by molar-refractivity contribution is -0.167. The van der Waals surface area contributed by atoms with Crippen molar-refractivity contribution in [1.82, 2.24) is 0 Å². The van der Waals surface area contributed by atoms with E-state index in [1.165, 1.54) is 116 Å². The maximum Gasteiger partial charge on any atom is 0.306 e. The first-order valence-corrected chi connectivity index (χ1v) is 29.4. The van der Waals surface area contributed by atoms with E-state index in [0.29, 0.717) is 19.3 Å². The minimum absolute atomic E-state index is 0.112. The molecule has 404 valence electrons. The van der Waals surface area contributed by atoms with Gasteiger partial charge in [-0.05, 0) is 103 Å². The summed E-state index contributed by atoms with van der Waals surface area (Å²) in [6, 6.07) is 0. The molecule has 0 saturated carbocycles. The van der Waals surface area contributed by atoms with Gasteiger partial charge in [-0.2, -0.15) is 0 Å². The minimum Gasteiger partial charge on any atom is -0.462 e. The standard InChI is InChI=1S/C65H108O6/c1-4-7-10-13-16-19-22-25-28-31-32-35-37-40-43-46-49-52-55-58-64(67)70-61-62(71-65(68)59-56-53-50-47-44-41-38-34-30-27-24-21-18-15-12-9-6-3)60-69-63(66)57-54-51-48-45-42-39-36-33-29-26-23-20-17-14-11-8-5-2/h7,10,16-17,19-20,25-26,28-29,32,35-36,39-40,43,45,48,62H,4-6,8-9,11-15,18,21-24,27,30-31,33-34,37-38,41-42,44,46-47,49-61H2,1-3H3/b10-7-,19-16-,20-17-,28-25-,29-26-,35-32-,39-36-,43-40-,48-45-/t62-/m0/s1. The molecule has 0 rings (SSSR count). The van der Waals surface area contributed by atoms with Crippen molar-refractivity contribution in [3.63, 3.8) is 0 Å². The molecule has 0 bridgehead atoms. The predicted octanol–water partition coefficient (Wildman–Crippen LogP) is 19.9. The van der Waals surface area contributed by atoms with Crippen LogP contribution in [0.2, 0.25) is 0 Å². The molecule has 0 fully saturated rings. The fourth-order valence-electron chi connectivity index (χ4n) is 7.87. The number of ether oxygens (including phenoxy) is 3. The van der Waals surface area contributed by atoms with E-state index in [0.717, 1.165) is 103 Å². The fourth-order valence-corrected chi connectivity index (χ4v) is 7.87. The summed E-state index contributed by atoms with van der Waals surface area (Å²) in [5, 5.41) is 0. The number of rotatable bonds is 52. The summed E-state index contributed by atoms with van der Waals surface area (Å²) in [6.45, 7) is 6.44. The van der Waals surface area contributed by atoms with Gasteiger partial charge in [0.1, 0.15) is 13.2 Å². The molecule has 0 spiro atoms. The molecular formula is C65H108O6. The van der Waals surface area contributed by atoms with Gasteiger partial charge in [0.2, 0.25) is 0 Å². The molecule has 0 saturated heterocycles. The van der Waals surface area contributed by atoms with Crippen LogP contribution in [0.25, 0.3) is 0 Å². The molecule has 0 amide bonds. The predicted molar refractivity (Wildman–Crippen MR) is 307 cm³/mol. The Labute approximate surface area is 438 Å². The van der Waals surface area contributed by atoms with Gasteiger partial charge in [-0.15, -0.1) is 0 Å². The second-order valence-electron chi connectivity index (χ2n) is 19.2. The maximum absolute atomic E-state index is 12.9. The Morgan fingerprint density at radius 3 is 0.944 bits per heavy atom. The lowest BCUT2D eigenvalue weighted by Gasteiger charge is -2.18. The number of hydrogen-bond acceptors (Lipinski definition) is 6. The van der Waals surface area contributed by atoms with E-state index in [1.54, 1.807) is 0 Å². The largest absolute Gasteiger partial charge is 0.462 e. The summed E-state index contributed by atoms with van der Waals surface area (Å²) in [7, 11) is 0. The molecule has 0 aromatic heterocycles. The van der Waals surface area contributed by atoms with Crippen LogP contribution >= 0.6 is 0 Å². The molecule has 6 nitrogen and oxygen atoms in total. The van der Waals surface area contributed by atoms with Gasteiger partial charge in [0.25, 0.3) is 0 Å². The fraction of sp³-hybridized carbons (Fsp3) is 0.677. The smallest absolute Gasteiger partial charge is 0.306 e. The Balaban J connectivity index is 4.52. The van der Waals surface area contributed by atoms with E-state index in [-0.39, 0.29) is 37.5 Å². The monoisotopic (exact) mass is 985 g/mol. The summed E-state index contributed by atoms with van der Waals surface area (Å²) in [5.41, 5.74) is 0. The van der Waals surface area contributed by atoms with Crippen LogP contribution in [0.5, 0.6) is 0 Å². The van der Waals surface area contributed by atoms with Crippen molar-refractivity contribution in [2.75, 3.05) is 13.2 Å². The van der Waals surface area contributed by atoms with Crippen molar-refractivity contribution < 1.29 is 28.6 Å². The third-order valence-corrected chi connectivity index (χ3v) is 12.3. The Bertz CT molecular complexity index is 1460. The lowest BCUT2D eigenvalue weighted by atomic mass is 10.0. The summed E-state index contributed by atoms with van der Waals surface area (Å²) in [6.07, 6.45) is 79.4.